The Kier molecular flexibility index (Phi) is 3.81. The average Bonchev–Trinajstić information content (AvgIpc) is 2.44. The zero-order valence-electron chi connectivity index (χ0n) is 10.9. The van der Waals surface area contributed by atoms with Crippen LogP contribution in [0.2, 0.25) is 0 Å². The highest BCUT2D eigenvalue weighted by Crippen LogP contribution is 2.13. The number of aryl methyl sites for hydroxylation is 1. The predicted octanol–water partition coefficient (Wildman–Crippen LogP) is 2.70. The summed E-state index contributed by atoms with van der Waals surface area (Å²) in [7, 11) is 1.82. The molecule has 1 aromatic carbocycles. The summed E-state index contributed by atoms with van der Waals surface area (Å²) >= 11 is 0. The van der Waals surface area contributed by atoms with Gasteiger partial charge in [0.1, 0.15) is 5.69 Å². The number of nitrogens with zero attached hydrogens (tertiary/aromatic N) is 2. The van der Waals surface area contributed by atoms with Crippen molar-refractivity contribution < 1.29 is 0 Å². The number of hydrogen-bond donors (Lipinski definition) is 1. The van der Waals surface area contributed by atoms with E-state index >= 15 is 0 Å². The number of hydrogen-bond acceptors (Lipinski definition) is 3. The van der Waals surface area contributed by atoms with Gasteiger partial charge in [-0.25, -0.2) is 4.98 Å². The average molecular weight is 247 g/mol. The van der Waals surface area contributed by atoms with Crippen molar-refractivity contribution in [2.75, 3.05) is 12.4 Å². The minimum atomic E-state index is 0.591. The number of nitrogens with one attached hydrogen (secondary N) is 1. The molecule has 0 atom stereocenters. The molecule has 0 unspecified atom stereocenters. The molecule has 1 heterocycles. The van der Waals surface area contributed by atoms with Gasteiger partial charge in [0.25, 0.3) is 0 Å². The fourth-order valence-corrected chi connectivity index (χ4v) is 1.66. The Labute approximate surface area is 112 Å². The first-order valence-corrected chi connectivity index (χ1v) is 5.90. The number of rotatable bonds is 1. The Morgan fingerprint density at radius 2 is 1.89 bits per heavy atom. The minimum Gasteiger partial charge on any atom is -0.388 e. The molecular weight excluding hydrogens is 234 g/mol. The summed E-state index contributed by atoms with van der Waals surface area (Å²) in [6.07, 6.45) is 0. The molecule has 0 spiro atoms. The fraction of sp³-hybridized carbons (Fsp3) is 0.125. The van der Waals surface area contributed by atoms with Crippen LogP contribution in [0.25, 0.3) is 0 Å². The normalized spacial score (nSPS) is 9.11. The lowest BCUT2D eigenvalue weighted by molar-refractivity contribution is 1.18. The van der Waals surface area contributed by atoms with Gasteiger partial charge in [0.15, 0.2) is 0 Å². The van der Waals surface area contributed by atoms with Crippen molar-refractivity contribution in [1.82, 2.24) is 4.98 Å². The molecule has 0 aliphatic carbocycles. The second kappa shape index (κ2) is 5.71. The van der Waals surface area contributed by atoms with Crippen molar-refractivity contribution in [1.29, 1.82) is 5.26 Å². The van der Waals surface area contributed by atoms with E-state index in [1.54, 1.807) is 12.1 Å². The maximum atomic E-state index is 8.97. The van der Waals surface area contributed by atoms with Gasteiger partial charge in [-0.2, -0.15) is 5.26 Å². The topological polar surface area (TPSA) is 48.7 Å². The van der Waals surface area contributed by atoms with Gasteiger partial charge in [-0.1, -0.05) is 12.0 Å². The monoisotopic (exact) mass is 247 g/mol. The molecule has 0 radical (unpaired) electrons. The quantitative estimate of drug-likeness (QED) is 0.788. The van der Waals surface area contributed by atoms with E-state index in [9.17, 15) is 0 Å². The molecule has 1 N–H and O–H groups in total. The van der Waals surface area contributed by atoms with Gasteiger partial charge in [-0.05, 0) is 43.2 Å². The molecule has 0 aliphatic heterocycles. The molecule has 2 aromatic rings. The van der Waals surface area contributed by atoms with Gasteiger partial charge in [0, 0.05) is 24.0 Å². The second-order valence-corrected chi connectivity index (χ2v) is 4.08. The van der Waals surface area contributed by atoms with Gasteiger partial charge >= 0.3 is 0 Å². The van der Waals surface area contributed by atoms with E-state index in [2.05, 4.69) is 28.2 Å². The smallest absolute Gasteiger partial charge is 0.113 e. The zero-order chi connectivity index (χ0) is 13.7. The first-order valence-electron chi connectivity index (χ1n) is 5.90. The summed E-state index contributed by atoms with van der Waals surface area (Å²) < 4.78 is 0. The van der Waals surface area contributed by atoms with Gasteiger partial charge in [-0.3, -0.25) is 0 Å². The summed E-state index contributed by atoms with van der Waals surface area (Å²) in [6.45, 7) is 1.93. The van der Waals surface area contributed by atoms with Gasteiger partial charge < -0.3 is 5.32 Å². The highest BCUT2D eigenvalue weighted by molar-refractivity contribution is 5.56. The molecule has 0 saturated carbocycles. The lowest BCUT2D eigenvalue weighted by Crippen LogP contribution is -1.90. The van der Waals surface area contributed by atoms with E-state index < -0.39 is 0 Å². The molecule has 0 amide bonds. The van der Waals surface area contributed by atoms with Crippen molar-refractivity contribution >= 4 is 5.69 Å². The van der Waals surface area contributed by atoms with Crippen molar-refractivity contribution in [3.8, 4) is 17.9 Å². The molecule has 92 valence electrons. The Bertz CT molecular complexity index is 700. The van der Waals surface area contributed by atoms with Crippen molar-refractivity contribution in [2.45, 2.75) is 6.92 Å². The molecule has 3 nitrogen and oxygen atoms in total. The second-order valence-electron chi connectivity index (χ2n) is 4.08. The number of benzene rings is 1. The molecule has 0 aliphatic rings. The van der Waals surface area contributed by atoms with Crippen molar-refractivity contribution in [2.24, 2.45) is 0 Å². The van der Waals surface area contributed by atoms with E-state index in [-0.39, 0.29) is 0 Å². The molecular formula is C16H13N3. The maximum absolute atomic E-state index is 8.97. The number of nitriles is 1. The van der Waals surface area contributed by atoms with E-state index in [1.807, 2.05) is 38.2 Å². The van der Waals surface area contributed by atoms with Crippen LogP contribution in [0.5, 0.6) is 0 Å². The maximum Gasteiger partial charge on any atom is 0.113 e. The Hall–Kier alpha value is -2.78. The molecule has 3 heteroatoms. The third kappa shape index (κ3) is 3.34. The molecule has 0 bridgehead atoms. The van der Waals surface area contributed by atoms with Crippen molar-refractivity contribution in [3.05, 3.63) is 58.9 Å². The van der Waals surface area contributed by atoms with E-state index in [0.717, 1.165) is 22.6 Å². The number of pyridine rings is 1. The van der Waals surface area contributed by atoms with Crippen molar-refractivity contribution in [3.63, 3.8) is 0 Å². The summed E-state index contributed by atoms with van der Waals surface area (Å²) in [4.78, 5) is 4.32. The summed E-state index contributed by atoms with van der Waals surface area (Å²) in [5.41, 5.74) is 3.93. The Balaban J connectivity index is 2.37. The van der Waals surface area contributed by atoms with Crippen LogP contribution in [0.3, 0.4) is 0 Å². The predicted molar refractivity (Wildman–Crippen MR) is 75.7 cm³/mol. The highest BCUT2D eigenvalue weighted by Gasteiger charge is 1.97. The summed E-state index contributed by atoms with van der Waals surface area (Å²) in [5.74, 6) is 6.04. The third-order valence-electron chi connectivity index (χ3n) is 2.57. The minimum absolute atomic E-state index is 0.591. The van der Waals surface area contributed by atoms with E-state index in [0.29, 0.717) is 5.56 Å². The van der Waals surface area contributed by atoms with Gasteiger partial charge in [0.05, 0.1) is 11.6 Å². The Morgan fingerprint density at radius 1 is 1.11 bits per heavy atom. The lowest BCUT2D eigenvalue weighted by atomic mass is 10.1. The molecule has 0 saturated heterocycles. The van der Waals surface area contributed by atoms with Crippen LogP contribution < -0.4 is 5.32 Å². The standard InChI is InChI=1S/C16H13N3/c1-12-4-3-5-15(19-12)7-6-13-8-14(11-17)10-16(9-13)18-2/h3-5,8-10,18H,1-2H3. The van der Waals surface area contributed by atoms with Crippen LogP contribution in [-0.4, -0.2) is 12.0 Å². The lowest BCUT2D eigenvalue weighted by Gasteiger charge is -2.01. The SMILES string of the molecule is CNc1cc(C#N)cc(C#Cc2cccc(C)n2)c1. The molecule has 1 aromatic heterocycles. The van der Waals surface area contributed by atoms with Crippen LogP contribution in [0.4, 0.5) is 5.69 Å². The largest absolute Gasteiger partial charge is 0.388 e. The molecule has 0 fully saturated rings. The van der Waals surface area contributed by atoms with Gasteiger partial charge in [0.2, 0.25) is 0 Å². The van der Waals surface area contributed by atoms with Gasteiger partial charge in [-0.15, -0.1) is 0 Å². The third-order valence-corrected chi connectivity index (χ3v) is 2.57. The highest BCUT2D eigenvalue weighted by atomic mass is 14.8. The van der Waals surface area contributed by atoms with E-state index in [4.69, 9.17) is 5.26 Å². The Morgan fingerprint density at radius 3 is 2.58 bits per heavy atom. The first kappa shape index (κ1) is 12.7. The summed E-state index contributed by atoms with van der Waals surface area (Å²) in [6, 6.07) is 13.3. The van der Waals surface area contributed by atoms with Crippen LogP contribution in [-0.2, 0) is 0 Å². The van der Waals surface area contributed by atoms with Crippen LogP contribution in [0.1, 0.15) is 22.5 Å². The van der Waals surface area contributed by atoms with Crippen LogP contribution in [0.15, 0.2) is 36.4 Å². The number of anilines is 1. The fourth-order valence-electron chi connectivity index (χ4n) is 1.66. The van der Waals surface area contributed by atoms with Crippen LogP contribution >= 0.6 is 0 Å². The van der Waals surface area contributed by atoms with E-state index in [1.165, 1.54) is 0 Å². The summed E-state index contributed by atoms with van der Waals surface area (Å²) in [5, 5.41) is 12.0. The molecule has 2 rings (SSSR count). The zero-order valence-corrected chi connectivity index (χ0v) is 10.9. The molecule has 19 heavy (non-hydrogen) atoms. The first-order chi connectivity index (χ1) is 9.21. The number of aromatic nitrogens is 1. The van der Waals surface area contributed by atoms with Crippen LogP contribution in [0, 0.1) is 30.1 Å².